The van der Waals surface area contributed by atoms with Gasteiger partial charge in [0.25, 0.3) is 10.0 Å². The van der Waals surface area contributed by atoms with E-state index in [2.05, 4.69) is 0 Å². The van der Waals surface area contributed by atoms with Gasteiger partial charge in [-0.1, -0.05) is 48.5 Å². The Morgan fingerprint density at radius 3 is 2.30 bits per heavy atom. The summed E-state index contributed by atoms with van der Waals surface area (Å²) >= 11 is 0. The first-order chi connectivity index (χ1) is 11.0. The van der Waals surface area contributed by atoms with Crippen molar-refractivity contribution >= 4 is 21.5 Å². The van der Waals surface area contributed by atoms with Gasteiger partial charge in [0.1, 0.15) is 5.70 Å². The average molecular weight is 328 g/mol. The third-order valence-electron chi connectivity index (χ3n) is 3.79. The van der Waals surface area contributed by atoms with E-state index in [0.717, 1.165) is 4.31 Å². The number of Topliss-reactive ketones (excluding diaryl/α,β-unsaturated/α-hetero) is 1. The third kappa shape index (κ3) is 2.31. The van der Waals surface area contributed by atoms with Crippen LogP contribution in [-0.4, -0.2) is 25.1 Å². The van der Waals surface area contributed by atoms with Crippen LogP contribution in [0.3, 0.4) is 0 Å². The molecule has 1 aliphatic rings. The molecule has 1 aliphatic heterocycles. The van der Waals surface area contributed by atoms with Crippen molar-refractivity contribution in [2.24, 2.45) is 5.73 Å². The highest BCUT2D eigenvalue weighted by Gasteiger charge is 2.38. The summed E-state index contributed by atoms with van der Waals surface area (Å²) in [5, 5.41) is 0. The van der Waals surface area contributed by atoms with Crippen molar-refractivity contribution in [1.82, 2.24) is 4.31 Å². The highest BCUT2D eigenvalue weighted by Crippen LogP contribution is 2.35. The standard InChI is InChI=1S/C17H16N2O3S/c1-2-19-16(17(20)12-8-4-3-5-9-12)15(18)13-10-6-7-11-14(13)23(19,21)22/h3-11H,2,18H2,1H3. The van der Waals surface area contributed by atoms with E-state index in [1.54, 1.807) is 55.5 Å². The molecule has 0 aromatic heterocycles. The number of nitrogens with two attached hydrogens (primary N) is 1. The van der Waals surface area contributed by atoms with Crippen LogP contribution in [0, 0.1) is 0 Å². The molecule has 0 bridgehead atoms. The van der Waals surface area contributed by atoms with E-state index in [0.29, 0.717) is 11.1 Å². The number of nitrogens with zero attached hydrogens (tertiary/aromatic N) is 1. The molecule has 6 heteroatoms. The Labute approximate surface area is 135 Å². The molecule has 0 saturated carbocycles. The highest BCUT2D eigenvalue weighted by molar-refractivity contribution is 7.89. The van der Waals surface area contributed by atoms with Crippen molar-refractivity contribution < 1.29 is 13.2 Å². The molecule has 0 aliphatic carbocycles. The molecule has 0 unspecified atom stereocenters. The van der Waals surface area contributed by atoms with Crippen molar-refractivity contribution in [3.8, 4) is 0 Å². The van der Waals surface area contributed by atoms with Crippen LogP contribution in [0.4, 0.5) is 0 Å². The number of benzene rings is 2. The van der Waals surface area contributed by atoms with Gasteiger partial charge >= 0.3 is 0 Å². The zero-order valence-electron chi connectivity index (χ0n) is 12.6. The summed E-state index contributed by atoms with van der Waals surface area (Å²) in [5.41, 5.74) is 7.14. The zero-order chi connectivity index (χ0) is 16.6. The van der Waals surface area contributed by atoms with E-state index in [1.165, 1.54) is 6.07 Å². The number of fused-ring (bicyclic) bond motifs is 1. The van der Waals surface area contributed by atoms with Gasteiger partial charge in [0.2, 0.25) is 5.78 Å². The Bertz CT molecular complexity index is 902. The van der Waals surface area contributed by atoms with E-state index >= 15 is 0 Å². The molecule has 3 rings (SSSR count). The van der Waals surface area contributed by atoms with Crippen LogP contribution in [-0.2, 0) is 10.0 Å². The fourth-order valence-electron chi connectivity index (χ4n) is 2.70. The summed E-state index contributed by atoms with van der Waals surface area (Å²) in [6.45, 7) is 1.81. The maximum atomic E-state index is 12.8. The first-order valence-electron chi connectivity index (χ1n) is 7.20. The normalized spacial score (nSPS) is 16.1. The quantitative estimate of drug-likeness (QED) is 0.876. The number of likely N-dealkylation sites (N-methyl/N-ethyl adjacent to an activating group) is 1. The molecule has 2 aromatic carbocycles. The molecule has 0 fully saturated rings. The largest absolute Gasteiger partial charge is 0.396 e. The van der Waals surface area contributed by atoms with Crippen molar-refractivity contribution in [1.29, 1.82) is 0 Å². The first kappa shape index (κ1) is 15.3. The minimum absolute atomic E-state index is 0.0115. The number of hydrogen-bond acceptors (Lipinski definition) is 4. The Balaban J connectivity index is 2.28. The maximum absolute atomic E-state index is 12.8. The Morgan fingerprint density at radius 1 is 1.04 bits per heavy atom. The van der Waals surface area contributed by atoms with Crippen LogP contribution in [0.5, 0.6) is 0 Å². The summed E-state index contributed by atoms with van der Waals surface area (Å²) in [5.74, 6) is -0.400. The van der Waals surface area contributed by atoms with Gasteiger partial charge in [0, 0.05) is 17.7 Å². The van der Waals surface area contributed by atoms with Gasteiger partial charge in [-0.3, -0.25) is 9.10 Å². The lowest BCUT2D eigenvalue weighted by Gasteiger charge is -2.31. The maximum Gasteiger partial charge on any atom is 0.265 e. The van der Waals surface area contributed by atoms with E-state index in [4.69, 9.17) is 5.73 Å². The van der Waals surface area contributed by atoms with Gasteiger partial charge in [-0.25, -0.2) is 8.42 Å². The number of carbonyl (C=O) groups is 1. The number of carbonyl (C=O) groups excluding carboxylic acids is 1. The van der Waals surface area contributed by atoms with Gasteiger partial charge in [-0.05, 0) is 13.0 Å². The molecule has 118 valence electrons. The van der Waals surface area contributed by atoms with Crippen LogP contribution in [0.1, 0.15) is 22.8 Å². The number of allylic oxidation sites excluding steroid dienone is 1. The predicted molar refractivity (Wildman–Crippen MR) is 87.9 cm³/mol. The van der Waals surface area contributed by atoms with Crippen molar-refractivity contribution in [3.63, 3.8) is 0 Å². The monoisotopic (exact) mass is 328 g/mol. The fourth-order valence-corrected chi connectivity index (χ4v) is 4.41. The minimum atomic E-state index is -3.79. The van der Waals surface area contributed by atoms with Crippen LogP contribution in [0.15, 0.2) is 65.2 Å². The Morgan fingerprint density at radius 2 is 1.65 bits per heavy atom. The smallest absolute Gasteiger partial charge is 0.265 e. The van der Waals surface area contributed by atoms with E-state index < -0.39 is 15.8 Å². The summed E-state index contributed by atoms with van der Waals surface area (Å²) in [7, 11) is -3.79. The highest BCUT2D eigenvalue weighted by atomic mass is 32.2. The van der Waals surface area contributed by atoms with Gasteiger partial charge in [0.05, 0.1) is 10.6 Å². The van der Waals surface area contributed by atoms with Crippen LogP contribution >= 0.6 is 0 Å². The second-order valence-corrected chi connectivity index (χ2v) is 6.95. The van der Waals surface area contributed by atoms with Crippen molar-refractivity contribution in [2.45, 2.75) is 11.8 Å². The van der Waals surface area contributed by atoms with E-state index in [-0.39, 0.29) is 22.8 Å². The molecule has 0 spiro atoms. The lowest BCUT2D eigenvalue weighted by Crippen LogP contribution is -2.39. The fraction of sp³-hybridized carbons (Fsp3) is 0.118. The molecular formula is C17H16N2O3S. The molecule has 0 amide bonds. The van der Waals surface area contributed by atoms with E-state index in [1.807, 2.05) is 0 Å². The second-order valence-electron chi connectivity index (χ2n) is 5.12. The molecule has 0 radical (unpaired) electrons. The van der Waals surface area contributed by atoms with Gasteiger partial charge in [-0.2, -0.15) is 0 Å². The molecule has 0 saturated heterocycles. The first-order valence-corrected chi connectivity index (χ1v) is 8.64. The van der Waals surface area contributed by atoms with Crippen LogP contribution in [0.2, 0.25) is 0 Å². The number of rotatable bonds is 3. The minimum Gasteiger partial charge on any atom is -0.396 e. The molecular weight excluding hydrogens is 312 g/mol. The summed E-state index contributed by atoms with van der Waals surface area (Å²) in [6, 6.07) is 15.0. The lowest BCUT2D eigenvalue weighted by molar-refractivity contribution is 0.101. The molecule has 1 heterocycles. The zero-order valence-corrected chi connectivity index (χ0v) is 13.4. The van der Waals surface area contributed by atoms with Gasteiger partial charge < -0.3 is 5.73 Å². The third-order valence-corrected chi connectivity index (χ3v) is 5.72. The lowest BCUT2D eigenvalue weighted by atomic mass is 10.0. The number of hydrogen-bond donors (Lipinski definition) is 1. The predicted octanol–water partition coefficient (Wildman–Crippen LogP) is 2.22. The molecule has 23 heavy (non-hydrogen) atoms. The second kappa shape index (κ2) is 5.55. The van der Waals surface area contributed by atoms with Crippen LogP contribution < -0.4 is 5.73 Å². The molecule has 5 nitrogen and oxygen atoms in total. The SMILES string of the molecule is CCN1C(C(=O)c2ccccc2)=C(N)c2ccccc2S1(=O)=O. The Kier molecular flexibility index (Phi) is 3.69. The van der Waals surface area contributed by atoms with Crippen LogP contribution in [0.25, 0.3) is 5.70 Å². The van der Waals surface area contributed by atoms with Gasteiger partial charge in [0.15, 0.2) is 0 Å². The number of ketones is 1. The molecule has 0 atom stereocenters. The summed E-state index contributed by atoms with van der Waals surface area (Å²) < 4.78 is 26.7. The Hall–Kier alpha value is -2.60. The topological polar surface area (TPSA) is 80.5 Å². The van der Waals surface area contributed by atoms with E-state index in [9.17, 15) is 13.2 Å². The van der Waals surface area contributed by atoms with Crippen molar-refractivity contribution in [3.05, 3.63) is 71.4 Å². The molecule has 2 N–H and O–H groups in total. The molecule has 2 aromatic rings. The average Bonchev–Trinajstić information content (AvgIpc) is 2.58. The summed E-state index contributed by atoms with van der Waals surface area (Å²) in [6.07, 6.45) is 0. The van der Waals surface area contributed by atoms with Gasteiger partial charge in [-0.15, -0.1) is 0 Å². The van der Waals surface area contributed by atoms with Crippen molar-refractivity contribution in [2.75, 3.05) is 6.54 Å². The summed E-state index contributed by atoms with van der Waals surface area (Å²) in [4.78, 5) is 13.0. The number of sulfonamides is 1.